The van der Waals surface area contributed by atoms with Crippen molar-refractivity contribution in [1.82, 2.24) is 9.97 Å². The van der Waals surface area contributed by atoms with Crippen molar-refractivity contribution < 1.29 is 13.2 Å². The number of nitrogens with zero attached hydrogens (tertiary/aromatic N) is 2. The van der Waals surface area contributed by atoms with E-state index < -0.39 is 17.5 Å². The van der Waals surface area contributed by atoms with Crippen molar-refractivity contribution in [2.75, 3.05) is 17.2 Å². The minimum absolute atomic E-state index is 0.0784. The maximum atomic E-state index is 13.2. The number of nitrogens with one attached hydrogen (secondary N) is 2. The van der Waals surface area contributed by atoms with Crippen molar-refractivity contribution in [2.45, 2.75) is 20.3 Å². The molecule has 1 aromatic heterocycles. The summed E-state index contributed by atoms with van der Waals surface area (Å²) in [6.45, 7) is 4.47. The molecule has 21 heavy (non-hydrogen) atoms. The second-order valence-electron chi connectivity index (χ2n) is 4.53. The molecule has 0 fully saturated rings. The Morgan fingerprint density at radius 1 is 1.14 bits per heavy atom. The Bertz CT molecular complexity index is 623. The van der Waals surface area contributed by atoms with E-state index in [1.165, 1.54) is 0 Å². The standard InChI is InChI=1S/C14H15F3N4/c1-3-4-18-14-19-7-8(2)13(21-14)20-9-5-10(15)12(17)11(16)6-9/h5-7H,3-4H2,1-2H3,(H2,18,19,20,21). The predicted molar refractivity (Wildman–Crippen MR) is 75.1 cm³/mol. The number of halogens is 3. The van der Waals surface area contributed by atoms with Gasteiger partial charge in [0.05, 0.1) is 0 Å². The fraction of sp³-hybridized carbons (Fsp3) is 0.286. The van der Waals surface area contributed by atoms with Crippen LogP contribution in [0.1, 0.15) is 18.9 Å². The summed E-state index contributed by atoms with van der Waals surface area (Å²) in [7, 11) is 0. The summed E-state index contributed by atoms with van der Waals surface area (Å²) in [5.74, 6) is -3.20. The van der Waals surface area contributed by atoms with Gasteiger partial charge in [-0.15, -0.1) is 0 Å². The van der Waals surface area contributed by atoms with E-state index in [2.05, 4.69) is 20.6 Å². The first-order chi connectivity index (χ1) is 10.0. The maximum Gasteiger partial charge on any atom is 0.224 e. The van der Waals surface area contributed by atoms with Gasteiger partial charge in [0.25, 0.3) is 0 Å². The minimum atomic E-state index is -1.50. The van der Waals surface area contributed by atoms with Crippen molar-refractivity contribution in [3.63, 3.8) is 0 Å². The number of hydrogen-bond acceptors (Lipinski definition) is 4. The van der Waals surface area contributed by atoms with Gasteiger partial charge in [0.15, 0.2) is 17.5 Å². The first-order valence-electron chi connectivity index (χ1n) is 6.50. The molecule has 2 aromatic rings. The number of benzene rings is 1. The van der Waals surface area contributed by atoms with Crippen LogP contribution in [0, 0.1) is 24.4 Å². The van der Waals surface area contributed by atoms with E-state index in [4.69, 9.17) is 0 Å². The van der Waals surface area contributed by atoms with Gasteiger partial charge < -0.3 is 10.6 Å². The number of anilines is 3. The van der Waals surface area contributed by atoms with Gasteiger partial charge in [0.2, 0.25) is 5.95 Å². The van der Waals surface area contributed by atoms with Crippen LogP contribution in [0.4, 0.5) is 30.6 Å². The fourth-order valence-electron chi connectivity index (χ4n) is 1.65. The smallest absolute Gasteiger partial charge is 0.224 e. The molecule has 1 aromatic carbocycles. The van der Waals surface area contributed by atoms with E-state index >= 15 is 0 Å². The summed E-state index contributed by atoms with van der Waals surface area (Å²) in [4.78, 5) is 8.31. The first kappa shape index (κ1) is 15.1. The van der Waals surface area contributed by atoms with E-state index in [0.29, 0.717) is 23.9 Å². The van der Waals surface area contributed by atoms with Crippen LogP contribution in [-0.4, -0.2) is 16.5 Å². The van der Waals surface area contributed by atoms with Crippen LogP contribution >= 0.6 is 0 Å². The van der Waals surface area contributed by atoms with Crippen molar-refractivity contribution in [2.24, 2.45) is 0 Å². The van der Waals surface area contributed by atoms with Crippen LogP contribution in [0.5, 0.6) is 0 Å². The Morgan fingerprint density at radius 2 is 1.81 bits per heavy atom. The van der Waals surface area contributed by atoms with Crippen LogP contribution in [0.15, 0.2) is 18.3 Å². The monoisotopic (exact) mass is 296 g/mol. The van der Waals surface area contributed by atoms with Gasteiger partial charge in [-0.2, -0.15) is 4.98 Å². The zero-order valence-electron chi connectivity index (χ0n) is 11.7. The zero-order valence-corrected chi connectivity index (χ0v) is 11.7. The number of rotatable bonds is 5. The lowest BCUT2D eigenvalue weighted by Gasteiger charge is -2.11. The molecule has 112 valence electrons. The summed E-state index contributed by atoms with van der Waals surface area (Å²) in [5.41, 5.74) is 0.775. The Kier molecular flexibility index (Phi) is 4.62. The Balaban J connectivity index is 2.26. The Labute approximate surface area is 120 Å². The molecular formula is C14H15F3N4. The molecule has 0 bridgehead atoms. The average molecular weight is 296 g/mol. The highest BCUT2D eigenvalue weighted by atomic mass is 19.2. The van der Waals surface area contributed by atoms with Crippen molar-refractivity contribution in [1.29, 1.82) is 0 Å². The van der Waals surface area contributed by atoms with Crippen molar-refractivity contribution in [3.05, 3.63) is 41.3 Å². The number of aromatic nitrogens is 2. The van der Waals surface area contributed by atoms with Crippen LogP contribution in [-0.2, 0) is 0 Å². The molecule has 0 radical (unpaired) electrons. The lowest BCUT2D eigenvalue weighted by atomic mass is 10.2. The Morgan fingerprint density at radius 3 is 2.43 bits per heavy atom. The molecule has 0 spiro atoms. The van der Waals surface area contributed by atoms with Gasteiger partial charge in [0, 0.05) is 36.1 Å². The molecule has 0 unspecified atom stereocenters. The third kappa shape index (κ3) is 3.62. The number of aryl methyl sites for hydroxylation is 1. The van der Waals surface area contributed by atoms with Crippen LogP contribution in [0.25, 0.3) is 0 Å². The normalized spacial score (nSPS) is 10.5. The summed E-state index contributed by atoms with van der Waals surface area (Å²) >= 11 is 0. The molecule has 0 saturated heterocycles. The van der Waals surface area contributed by atoms with E-state index in [0.717, 1.165) is 18.6 Å². The molecule has 7 heteroatoms. The lowest BCUT2D eigenvalue weighted by molar-refractivity contribution is 0.448. The molecule has 0 aliphatic rings. The summed E-state index contributed by atoms with van der Waals surface area (Å²) < 4.78 is 39.3. The van der Waals surface area contributed by atoms with E-state index in [1.807, 2.05) is 6.92 Å². The molecule has 0 aliphatic carbocycles. The fourth-order valence-corrected chi connectivity index (χ4v) is 1.65. The largest absolute Gasteiger partial charge is 0.354 e. The van der Waals surface area contributed by atoms with E-state index in [1.54, 1.807) is 13.1 Å². The van der Waals surface area contributed by atoms with Gasteiger partial charge in [0.1, 0.15) is 5.82 Å². The quantitative estimate of drug-likeness (QED) is 0.825. The van der Waals surface area contributed by atoms with Gasteiger partial charge >= 0.3 is 0 Å². The van der Waals surface area contributed by atoms with Gasteiger partial charge in [-0.1, -0.05) is 6.92 Å². The molecule has 1 heterocycles. The molecule has 0 atom stereocenters. The van der Waals surface area contributed by atoms with Crippen molar-refractivity contribution >= 4 is 17.5 Å². The van der Waals surface area contributed by atoms with Gasteiger partial charge in [-0.3, -0.25) is 0 Å². The average Bonchev–Trinajstić information content (AvgIpc) is 2.45. The minimum Gasteiger partial charge on any atom is -0.354 e. The van der Waals surface area contributed by atoms with E-state index in [-0.39, 0.29) is 5.69 Å². The predicted octanol–water partition coefficient (Wildman–Crippen LogP) is 3.77. The van der Waals surface area contributed by atoms with Gasteiger partial charge in [-0.05, 0) is 13.3 Å². The van der Waals surface area contributed by atoms with Gasteiger partial charge in [-0.25, -0.2) is 18.2 Å². The highest BCUT2D eigenvalue weighted by Crippen LogP contribution is 2.22. The third-order valence-corrected chi connectivity index (χ3v) is 2.75. The molecule has 0 saturated carbocycles. The first-order valence-corrected chi connectivity index (χ1v) is 6.50. The maximum absolute atomic E-state index is 13.2. The summed E-state index contributed by atoms with van der Waals surface area (Å²) in [6.07, 6.45) is 2.50. The Hall–Kier alpha value is -2.31. The third-order valence-electron chi connectivity index (χ3n) is 2.75. The molecule has 0 aliphatic heterocycles. The SMILES string of the molecule is CCCNc1ncc(C)c(Nc2cc(F)c(F)c(F)c2)n1. The second-order valence-corrected chi connectivity index (χ2v) is 4.53. The molecule has 4 nitrogen and oxygen atoms in total. The van der Waals surface area contributed by atoms with E-state index in [9.17, 15) is 13.2 Å². The lowest BCUT2D eigenvalue weighted by Crippen LogP contribution is -2.07. The topological polar surface area (TPSA) is 49.8 Å². The van der Waals surface area contributed by atoms with Crippen molar-refractivity contribution in [3.8, 4) is 0 Å². The zero-order chi connectivity index (χ0) is 15.4. The van der Waals surface area contributed by atoms with Crippen LogP contribution in [0.3, 0.4) is 0 Å². The summed E-state index contributed by atoms with van der Waals surface area (Å²) in [5, 5.41) is 5.77. The second kappa shape index (κ2) is 6.43. The van der Waals surface area contributed by atoms with Crippen LogP contribution < -0.4 is 10.6 Å². The summed E-state index contributed by atoms with van der Waals surface area (Å²) in [6, 6.07) is 1.75. The molecule has 2 rings (SSSR count). The highest BCUT2D eigenvalue weighted by Gasteiger charge is 2.12. The molecule has 2 N–H and O–H groups in total. The van der Waals surface area contributed by atoms with Crippen LogP contribution in [0.2, 0.25) is 0 Å². The molecular weight excluding hydrogens is 281 g/mol. The molecule has 0 amide bonds. The number of hydrogen-bond donors (Lipinski definition) is 2. The highest BCUT2D eigenvalue weighted by molar-refractivity contribution is 5.60.